The highest BCUT2D eigenvalue weighted by Gasteiger charge is 2.13. The van der Waals surface area contributed by atoms with Crippen LogP contribution >= 0.6 is 0 Å². The minimum atomic E-state index is 0.813. The lowest BCUT2D eigenvalue weighted by molar-refractivity contribution is 0.939. The molecule has 5 rings (SSSR count). The van der Waals surface area contributed by atoms with Crippen molar-refractivity contribution in [2.45, 2.75) is 0 Å². The molecule has 0 radical (unpaired) electrons. The van der Waals surface area contributed by atoms with Gasteiger partial charge in [0.05, 0.1) is 6.20 Å². The number of hydrogen-bond acceptors (Lipinski definition) is 3. The molecular formula is C19H15N5. The van der Waals surface area contributed by atoms with Gasteiger partial charge in [-0.3, -0.25) is 0 Å². The second-order valence-corrected chi connectivity index (χ2v) is 6.03. The van der Waals surface area contributed by atoms with Gasteiger partial charge in [-0.05, 0) is 24.3 Å². The quantitative estimate of drug-likeness (QED) is 0.474. The maximum absolute atomic E-state index is 4.71. The van der Waals surface area contributed by atoms with Crippen molar-refractivity contribution in [1.82, 2.24) is 24.1 Å². The van der Waals surface area contributed by atoms with Gasteiger partial charge >= 0.3 is 0 Å². The molecule has 0 atom stereocenters. The van der Waals surface area contributed by atoms with Crippen molar-refractivity contribution in [3.63, 3.8) is 0 Å². The number of aromatic nitrogens is 5. The average molecular weight is 313 g/mol. The van der Waals surface area contributed by atoms with Crippen molar-refractivity contribution in [2.24, 2.45) is 14.1 Å². The van der Waals surface area contributed by atoms with Crippen molar-refractivity contribution in [3.05, 3.63) is 55.0 Å². The molecule has 0 unspecified atom stereocenters. The van der Waals surface area contributed by atoms with Crippen molar-refractivity contribution >= 4 is 33.0 Å². The summed E-state index contributed by atoms with van der Waals surface area (Å²) in [6, 6.07) is 15.0. The maximum Gasteiger partial charge on any atom is 0.163 e. The van der Waals surface area contributed by atoms with E-state index < -0.39 is 0 Å². The Bertz CT molecular complexity index is 1230. The molecule has 0 aliphatic heterocycles. The Balaban J connectivity index is 1.83. The summed E-state index contributed by atoms with van der Waals surface area (Å²) in [6.07, 6.45) is 3.31. The monoisotopic (exact) mass is 313 g/mol. The highest BCUT2D eigenvalue weighted by atomic mass is 15.1. The topological polar surface area (TPSA) is 48.5 Å². The molecule has 5 nitrogen and oxygen atoms in total. The lowest BCUT2D eigenvalue weighted by Gasteiger charge is -2.03. The third-order valence-electron chi connectivity index (χ3n) is 4.71. The summed E-state index contributed by atoms with van der Waals surface area (Å²) in [6.45, 7) is 0. The molecule has 5 aromatic rings. The summed E-state index contributed by atoms with van der Waals surface area (Å²) < 4.78 is 4.25. The first-order valence-electron chi connectivity index (χ1n) is 7.84. The Labute approximate surface area is 138 Å². The van der Waals surface area contributed by atoms with Gasteiger partial charge in [0.1, 0.15) is 17.7 Å². The Morgan fingerprint density at radius 2 is 1.71 bits per heavy atom. The number of benzene rings is 2. The molecule has 0 bridgehead atoms. The molecule has 2 aromatic carbocycles. The van der Waals surface area contributed by atoms with Gasteiger partial charge in [-0.2, -0.15) is 0 Å². The first kappa shape index (κ1) is 13.2. The minimum absolute atomic E-state index is 0.813. The zero-order chi connectivity index (χ0) is 16.3. The average Bonchev–Trinajstić information content (AvgIpc) is 3.11. The summed E-state index contributed by atoms with van der Waals surface area (Å²) in [5, 5.41) is 2.50. The van der Waals surface area contributed by atoms with Gasteiger partial charge in [-0.25, -0.2) is 15.0 Å². The summed E-state index contributed by atoms with van der Waals surface area (Å²) in [7, 11) is 4.10. The smallest absolute Gasteiger partial charge is 0.163 e. The Kier molecular flexibility index (Phi) is 2.56. The van der Waals surface area contributed by atoms with E-state index in [-0.39, 0.29) is 0 Å². The van der Waals surface area contributed by atoms with Crippen molar-refractivity contribution in [3.8, 4) is 11.4 Å². The lowest BCUT2D eigenvalue weighted by Crippen LogP contribution is -1.94. The standard InChI is InChI=1S/C19H15N5/c1-23-16-6-4-3-5-13(16)14-9-12(7-8-17(14)23)18-22-15-10-20-11-21-19(15)24(18)2/h3-11H,1-2H3. The van der Waals surface area contributed by atoms with Crippen LogP contribution in [0, 0.1) is 0 Å². The van der Waals surface area contributed by atoms with E-state index in [1.807, 2.05) is 11.6 Å². The van der Waals surface area contributed by atoms with Crippen LogP contribution < -0.4 is 0 Å². The molecule has 0 aliphatic rings. The van der Waals surface area contributed by atoms with Gasteiger partial charge in [-0.1, -0.05) is 18.2 Å². The summed E-state index contributed by atoms with van der Waals surface area (Å²) in [4.78, 5) is 13.1. The molecule has 3 aromatic heterocycles. The molecule has 0 saturated heterocycles. The molecule has 0 aliphatic carbocycles. The van der Waals surface area contributed by atoms with Gasteiger partial charge in [0.25, 0.3) is 0 Å². The van der Waals surface area contributed by atoms with Crippen LogP contribution in [0.5, 0.6) is 0 Å². The van der Waals surface area contributed by atoms with Crippen LogP contribution in [0.25, 0.3) is 44.4 Å². The predicted molar refractivity (Wildman–Crippen MR) is 95.7 cm³/mol. The summed E-state index contributed by atoms with van der Waals surface area (Å²) >= 11 is 0. The van der Waals surface area contributed by atoms with Gasteiger partial charge in [0.2, 0.25) is 0 Å². The van der Waals surface area contributed by atoms with Crippen molar-refractivity contribution in [2.75, 3.05) is 0 Å². The van der Waals surface area contributed by atoms with Crippen LogP contribution in [-0.2, 0) is 14.1 Å². The molecule has 5 heteroatoms. The van der Waals surface area contributed by atoms with E-state index in [4.69, 9.17) is 4.98 Å². The number of nitrogens with zero attached hydrogens (tertiary/aromatic N) is 5. The van der Waals surface area contributed by atoms with E-state index in [9.17, 15) is 0 Å². The molecule has 0 N–H and O–H groups in total. The van der Waals surface area contributed by atoms with Gasteiger partial charge in [0, 0.05) is 41.5 Å². The molecule has 0 saturated carbocycles. The van der Waals surface area contributed by atoms with E-state index >= 15 is 0 Å². The van der Waals surface area contributed by atoms with Crippen molar-refractivity contribution in [1.29, 1.82) is 0 Å². The number of hydrogen-bond donors (Lipinski definition) is 0. The number of imidazole rings is 1. The fourth-order valence-corrected chi connectivity index (χ4v) is 3.51. The molecule has 0 amide bonds. The maximum atomic E-state index is 4.71. The molecule has 0 fully saturated rings. The van der Waals surface area contributed by atoms with Crippen LogP contribution in [0.4, 0.5) is 0 Å². The number of fused-ring (bicyclic) bond motifs is 4. The third kappa shape index (κ3) is 1.66. The lowest BCUT2D eigenvalue weighted by atomic mass is 10.1. The number of aryl methyl sites for hydroxylation is 2. The Morgan fingerprint density at radius 1 is 0.875 bits per heavy atom. The first-order valence-corrected chi connectivity index (χ1v) is 7.84. The number of para-hydroxylation sites is 1. The van der Waals surface area contributed by atoms with E-state index in [0.717, 1.165) is 22.6 Å². The Hall–Kier alpha value is -3.21. The number of rotatable bonds is 1. The largest absolute Gasteiger partial charge is 0.344 e. The normalized spacial score (nSPS) is 11.8. The fourth-order valence-electron chi connectivity index (χ4n) is 3.51. The van der Waals surface area contributed by atoms with E-state index in [1.54, 1.807) is 12.5 Å². The van der Waals surface area contributed by atoms with Gasteiger partial charge in [-0.15, -0.1) is 0 Å². The molecular weight excluding hydrogens is 298 g/mol. The zero-order valence-corrected chi connectivity index (χ0v) is 13.4. The third-order valence-corrected chi connectivity index (χ3v) is 4.71. The van der Waals surface area contributed by atoms with E-state index in [1.165, 1.54) is 21.8 Å². The second kappa shape index (κ2) is 4.64. The highest BCUT2D eigenvalue weighted by Crippen LogP contribution is 2.32. The van der Waals surface area contributed by atoms with Crippen LogP contribution in [0.3, 0.4) is 0 Å². The van der Waals surface area contributed by atoms with E-state index in [0.29, 0.717) is 0 Å². The molecule has 24 heavy (non-hydrogen) atoms. The Morgan fingerprint density at radius 3 is 2.58 bits per heavy atom. The van der Waals surface area contributed by atoms with Gasteiger partial charge in [0.15, 0.2) is 5.65 Å². The first-order chi connectivity index (χ1) is 11.7. The van der Waals surface area contributed by atoms with E-state index in [2.05, 4.69) is 64.0 Å². The van der Waals surface area contributed by atoms with Crippen LogP contribution in [-0.4, -0.2) is 24.1 Å². The highest BCUT2D eigenvalue weighted by molar-refractivity contribution is 6.09. The van der Waals surface area contributed by atoms with Crippen LogP contribution in [0.2, 0.25) is 0 Å². The van der Waals surface area contributed by atoms with Crippen LogP contribution in [0.15, 0.2) is 55.0 Å². The fraction of sp³-hybridized carbons (Fsp3) is 0.105. The SMILES string of the molecule is Cn1c(-c2ccc3c(c2)c2ccccc2n3C)nc2cncnc21. The molecule has 116 valence electrons. The minimum Gasteiger partial charge on any atom is -0.344 e. The molecule has 3 heterocycles. The molecule has 0 spiro atoms. The second-order valence-electron chi connectivity index (χ2n) is 6.03. The predicted octanol–water partition coefficient (Wildman–Crippen LogP) is 3.68. The van der Waals surface area contributed by atoms with Crippen LogP contribution in [0.1, 0.15) is 0 Å². The van der Waals surface area contributed by atoms with Crippen molar-refractivity contribution < 1.29 is 0 Å². The van der Waals surface area contributed by atoms with Gasteiger partial charge < -0.3 is 9.13 Å². The zero-order valence-electron chi connectivity index (χ0n) is 13.4. The summed E-state index contributed by atoms with van der Waals surface area (Å²) in [5.74, 6) is 0.903. The summed E-state index contributed by atoms with van der Waals surface area (Å²) in [5.41, 5.74) is 5.20.